The van der Waals surface area contributed by atoms with Gasteiger partial charge in [-0.25, -0.2) is 13.1 Å². The predicted octanol–water partition coefficient (Wildman–Crippen LogP) is -0.193. The first kappa shape index (κ1) is 15.4. The molecule has 2 fully saturated rings. The number of nitrogens with zero attached hydrogens (tertiary/aromatic N) is 3. The molecule has 2 N–H and O–H groups in total. The molecule has 2 heterocycles. The van der Waals surface area contributed by atoms with E-state index in [-0.39, 0.29) is 5.25 Å². The van der Waals surface area contributed by atoms with Crippen LogP contribution >= 0.6 is 0 Å². The molecule has 122 valence electrons. The van der Waals surface area contributed by atoms with Crippen LogP contribution in [0, 0.1) is 0 Å². The van der Waals surface area contributed by atoms with Gasteiger partial charge in [0.05, 0.1) is 30.3 Å². The molecule has 1 aliphatic heterocycles. The summed E-state index contributed by atoms with van der Waals surface area (Å²) in [5, 5.41) is 10.9. The average molecular weight is 327 g/mol. The number of hydrogen-bond donors (Lipinski definition) is 2. The number of ether oxygens (including phenoxy) is 1. The van der Waals surface area contributed by atoms with Gasteiger partial charge in [-0.05, 0) is 12.8 Å². The summed E-state index contributed by atoms with van der Waals surface area (Å²) < 4.78 is 31.3. The Hall–Kier alpha value is -1.45. The molecule has 1 aromatic heterocycles. The minimum absolute atomic E-state index is 0.183. The van der Waals surface area contributed by atoms with E-state index in [1.54, 1.807) is 6.20 Å². The van der Waals surface area contributed by atoms with Crippen molar-refractivity contribution < 1.29 is 13.2 Å². The van der Waals surface area contributed by atoms with E-state index in [2.05, 4.69) is 25.1 Å². The minimum atomic E-state index is -3.11. The van der Waals surface area contributed by atoms with Crippen LogP contribution in [0.15, 0.2) is 12.3 Å². The second-order valence-electron chi connectivity index (χ2n) is 5.46. The van der Waals surface area contributed by atoms with Gasteiger partial charge in [0.15, 0.2) is 5.82 Å². The molecule has 3 rings (SSSR count). The summed E-state index contributed by atoms with van der Waals surface area (Å²) in [6.45, 7) is 3.94. The SMILES string of the molecule is O=S(=O)(NCCNc1cc(N2CCOCC2)cnn1)C1CC1. The molecule has 1 aliphatic carbocycles. The maximum Gasteiger partial charge on any atom is 0.214 e. The third-order valence-corrected chi connectivity index (χ3v) is 5.67. The second-order valence-corrected chi connectivity index (χ2v) is 7.51. The van der Waals surface area contributed by atoms with E-state index in [4.69, 9.17) is 4.74 Å². The van der Waals surface area contributed by atoms with E-state index in [1.807, 2.05) is 6.07 Å². The zero-order valence-corrected chi connectivity index (χ0v) is 13.2. The van der Waals surface area contributed by atoms with Gasteiger partial charge in [-0.3, -0.25) is 0 Å². The molecule has 1 saturated carbocycles. The van der Waals surface area contributed by atoms with Crippen molar-refractivity contribution in [2.75, 3.05) is 49.6 Å². The van der Waals surface area contributed by atoms with E-state index in [1.165, 1.54) is 0 Å². The Balaban J connectivity index is 1.48. The highest BCUT2D eigenvalue weighted by atomic mass is 32.2. The largest absolute Gasteiger partial charge is 0.378 e. The zero-order valence-electron chi connectivity index (χ0n) is 12.4. The Bertz CT molecular complexity index is 599. The van der Waals surface area contributed by atoms with Gasteiger partial charge < -0.3 is 15.0 Å². The molecule has 8 nitrogen and oxygen atoms in total. The van der Waals surface area contributed by atoms with Gasteiger partial charge in [0, 0.05) is 32.2 Å². The standard InChI is InChI=1S/C13H21N5O3S/c19-22(20,12-1-2-12)16-4-3-14-13-9-11(10-15-17-13)18-5-7-21-8-6-18/h9-10,12,16H,1-8H2,(H,14,17). The topological polar surface area (TPSA) is 96.5 Å². The first-order valence-corrected chi connectivity index (χ1v) is 9.07. The lowest BCUT2D eigenvalue weighted by Gasteiger charge is -2.28. The molecule has 0 amide bonds. The fourth-order valence-electron chi connectivity index (χ4n) is 2.32. The molecule has 1 aromatic rings. The Kier molecular flexibility index (Phi) is 4.74. The summed E-state index contributed by atoms with van der Waals surface area (Å²) in [6, 6.07) is 1.92. The van der Waals surface area contributed by atoms with Gasteiger partial charge in [0.25, 0.3) is 0 Å². The Morgan fingerprint density at radius 2 is 2.05 bits per heavy atom. The van der Waals surface area contributed by atoms with E-state index < -0.39 is 10.0 Å². The summed E-state index contributed by atoms with van der Waals surface area (Å²) >= 11 is 0. The van der Waals surface area contributed by atoms with Gasteiger partial charge >= 0.3 is 0 Å². The van der Waals surface area contributed by atoms with Crippen LogP contribution in [-0.2, 0) is 14.8 Å². The number of aromatic nitrogens is 2. The summed E-state index contributed by atoms with van der Waals surface area (Å²) in [5.74, 6) is 0.648. The molecule has 2 aliphatic rings. The first-order chi connectivity index (χ1) is 10.6. The number of hydrogen-bond acceptors (Lipinski definition) is 7. The van der Waals surface area contributed by atoms with E-state index >= 15 is 0 Å². The van der Waals surface area contributed by atoms with Crippen molar-refractivity contribution in [3.63, 3.8) is 0 Å². The Morgan fingerprint density at radius 3 is 2.77 bits per heavy atom. The van der Waals surface area contributed by atoms with Crippen LogP contribution in [0.2, 0.25) is 0 Å². The minimum Gasteiger partial charge on any atom is -0.378 e. The summed E-state index contributed by atoms with van der Waals surface area (Å²) in [4.78, 5) is 2.19. The van der Waals surface area contributed by atoms with Crippen molar-refractivity contribution in [1.29, 1.82) is 0 Å². The molecule has 0 spiro atoms. The zero-order chi connectivity index (χ0) is 15.4. The summed E-state index contributed by atoms with van der Waals surface area (Å²) in [6.07, 6.45) is 3.28. The Morgan fingerprint density at radius 1 is 1.27 bits per heavy atom. The average Bonchev–Trinajstić information content (AvgIpc) is 3.38. The van der Waals surface area contributed by atoms with Gasteiger partial charge in [-0.15, -0.1) is 5.10 Å². The van der Waals surface area contributed by atoms with Crippen molar-refractivity contribution >= 4 is 21.5 Å². The van der Waals surface area contributed by atoms with Crippen molar-refractivity contribution in [3.05, 3.63) is 12.3 Å². The van der Waals surface area contributed by atoms with Crippen LogP contribution in [-0.4, -0.2) is 63.3 Å². The van der Waals surface area contributed by atoms with E-state index in [9.17, 15) is 8.42 Å². The van der Waals surface area contributed by atoms with Gasteiger partial charge in [-0.1, -0.05) is 0 Å². The smallest absolute Gasteiger partial charge is 0.214 e. The van der Waals surface area contributed by atoms with Crippen LogP contribution in [0.1, 0.15) is 12.8 Å². The number of sulfonamides is 1. The van der Waals surface area contributed by atoms with Gasteiger partial charge in [-0.2, -0.15) is 5.10 Å². The number of rotatable bonds is 7. The third kappa shape index (κ3) is 4.05. The summed E-state index contributed by atoms with van der Waals surface area (Å²) in [7, 11) is -3.11. The molecular formula is C13H21N5O3S. The van der Waals surface area contributed by atoms with Crippen LogP contribution < -0.4 is 14.9 Å². The van der Waals surface area contributed by atoms with Crippen molar-refractivity contribution in [1.82, 2.24) is 14.9 Å². The van der Waals surface area contributed by atoms with E-state index in [0.717, 1.165) is 31.6 Å². The van der Waals surface area contributed by atoms with Crippen molar-refractivity contribution in [2.45, 2.75) is 18.1 Å². The molecule has 0 radical (unpaired) electrons. The highest BCUT2D eigenvalue weighted by Gasteiger charge is 2.35. The maximum absolute atomic E-state index is 11.7. The first-order valence-electron chi connectivity index (χ1n) is 7.53. The molecular weight excluding hydrogens is 306 g/mol. The molecule has 0 unspecified atom stereocenters. The van der Waals surface area contributed by atoms with Crippen LogP contribution in [0.4, 0.5) is 11.5 Å². The Labute approximate surface area is 130 Å². The van der Waals surface area contributed by atoms with E-state index in [0.29, 0.717) is 32.1 Å². The highest BCUT2D eigenvalue weighted by Crippen LogP contribution is 2.27. The fourth-order valence-corrected chi connectivity index (χ4v) is 3.70. The van der Waals surface area contributed by atoms with Gasteiger partial charge in [0.1, 0.15) is 0 Å². The lowest BCUT2D eigenvalue weighted by Crippen LogP contribution is -2.36. The van der Waals surface area contributed by atoms with Crippen molar-refractivity contribution in [2.24, 2.45) is 0 Å². The normalized spacial score (nSPS) is 19.2. The monoisotopic (exact) mass is 327 g/mol. The summed E-state index contributed by atoms with van der Waals surface area (Å²) in [5.41, 5.74) is 0.999. The van der Waals surface area contributed by atoms with Crippen molar-refractivity contribution in [3.8, 4) is 0 Å². The fraction of sp³-hybridized carbons (Fsp3) is 0.692. The van der Waals surface area contributed by atoms with Crippen LogP contribution in [0.25, 0.3) is 0 Å². The lowest BCUT2D eigenvalue weighted by atomic mass is 10.3. The quantitative estimate of drug-likeness (QED) is 0.670. The molecule has 9 heteroatoms. The van der Waals surface area contributed by atoms with Crippen LogP contribution in [0.5, 0.6) is 0 Å². The molecule has 0 atom stereocenters. The maximum atomic E-state index is 11.7. The number of morpholine rings is 1. The third-order valence-electron chi connectivity index (χ3n) is 3.71. The van der Waals surface area contributed by atoms with Crippen LogP contribution in [0.3, 0.4) is 0 Å². The second kappa shape index (κ2) is 6.76. The molecule has 1 saturated heterocycles. The molecule has 0 bridgehead atoms. The van der Waals surface area contributed by atoms with Gasteiger partial charge in [0.2, 0.25) is 10.0 Å². The number of anilines is 2. The molecule has 22 heavy (non-hydrogen) atoms. The lowest BCUT2D eigenvalue weighted by molar-refractivity contribution is 0.122. The predicted molar refractivity (Wildman–Crippen MR) is 83.5 cm³/mol. The molecule has 0 aromatic carbocycles. The highest BCUT2D eigenvalue weighted by molar-refractivity contribution is 7.90. The number of nitrogens with one attached hydrogen (secondary N) is 2.